The molecule has 0 spiro atoms. The third-order valence-electron chi connectivity index (χ3n) is 1.80. The van der Waals surface area contributed by atoms with Gasteiger partial charge in [0.1, 0.15) is 5.82 Å². The van der Waals surface area contributed by atoms with E-state index in [0.717, 1.165) is 5.56 Å². The van der Waals surface area contributed by atoms with E-state index in [1.807, 2.05) is 20.8 Å². The van der Waals surface area contributed by atoms with Gasteiger partial charge in [0.25, 0.3) is 0 Å². The Balaban J connectivity index is 2.60. The van der Waals surface area contributed by atoms with E-state index < -0.39 is 0 Å². The molecule has 0 saturated carbocycles. The van der Waals surface area contributed by atoms with Crippen LogP contribution in [0.4, 0.5) is 4.39 Å². The van der Waals surface area contributed by atoms with Crippen LogP contribution in [-0.4, -0.2) is 11.4 Å². The van der Waals surface area contributed by atoms with E-state index in [1.165, 1.54) is 18.2 Å². The average molecular weight is 221 g/mol. The minimum atomic E-state index is -0.281. The molecule has 0 aliphatic rings. The van der Waals surface area contributed by atoms with Crippen LogP contribution in [-0.2, 0) is 4.79 Å². The quantitative estimate of drug-likeness (QED) is 0.764. The van der Waals surface area contributed by atoms with Crippen LogP contribution < -0.4 is 5.32 Å². The minimum absolute atomic E-state index is 0.156. The number of carbonyl (C=O) groups excluding carboxylic acids is 1. The summed E-state index contributed by atoms with van der Waals surface area (Å²) in [6.07, 6.45) is 3.10. The van der Waals surface area contributed by atoms with Crippen LogP contribution in [0.1, 0.15) is 26.3 Å². The lowest BCUT2D eigenvalue weighted by Gasteiger charge is -2.18. The van der Waals surface area contributed by atoms with Crippen LogP contribution in [0.15, 0.2) is 30.3 Å². The van der Waals surface area contributed by atoms with Gasteiger partial charge in [-0.05, 0) is 44.5 Å². The van der Waals surface area contributed by atoms with E-state index >= 15 is 0 Å². The summed E-state index contributed by atoms with van der Waals surface area (Å²) in [4.78, 5) is 11.4. The Morgan fingerprint density at radius 2 is 1.81 bits per heavy atom. The molecule has 16 heavy (non-hydrogen) atoms. The highest BCUT2D eigenvalue weighted by Gasteiger charge is 2.10. The number of amides is 1. The topological polar surface area (TPSA) is 29.1 Å². The van der Waals surface area contributed by atoms with Gasteiger partial charge in [0, 0.05) is 11.6 Å². The van der Waals surface area contributed by atoms with Gasteiger partial charge in [-0.25, -0.2) is 4.39 Å². The second-order valence-corrected chi connectivity index (χ2v) is 4.62. The summed E-state index contributed by atoms with van der Waals surface area (Å²) in [6.45, 7) is 5.74. The molecule has 0 aliphatic heterocycles. The first-order valence-corrected chi connectivity index (χ1v) is 5.13. The fourth-order valence-corrected chi connectivity index (χ4v) is 1.16. The van der Waals surface area contributed by atoms with E-state index in [1.54, 1.807) is 18.2 Å². The Hall–Kier alpha value is -1.64. The van der Waals surface area contributed by atoms with Crippen LogP contribution >= 0.6 is 0 Å². The zero-order chi connectivity index (χ0) is 12.2. The van der Waals surface area contributed by atoms with Gasteiger partial charge in [0.05, 0.1) is 0 Å². The number of halogens is 1. The molecule has 0 aliphatic carbocycles. The van der Waals surface area contributed by atoms with Gasteiger partial charge >= 0.3 is 0 Å². The Kier molecular flexibility index (Phi) is 3.82. The van der Waals surface area contributed by atoms with Crippen LogP contribution in [0.2, 0.25) is 0 Å². The van der Waals surface area contributed by atoms with Crippen LogP contribution in [0, 0.1) is 5.82 Å². The highest BCUT2D eigenvalue weighted by atomic mass is 19.1. The van der Waals surface area contributed by atoms with Crippen LogP contribution in [0.25, 0.3) is 6.08 Å². The third-order valence-corrected chi connectivity index (χ3v) is 1.80. The summed E-state index contributed by atoms with van der Waals surface area (Å²) in [6, 6.07) is 5.97. The Morgan fingerprint density at radius 3 is 2.31 bits per heavy atom. The number of carbonyl (C=O) groups is 1. The predicted octanol–water partition coefficient (Wildman–Crippen LogP) is 2.75. The Labute approximate surface area is 95.2 Å². The molecule has 1 amide bonds. The minimum Gasteiger partial charge on any atom is -0.348 e. The largest absolute Gasteiger partial charge is 0.348 e. The van der Waals surface area contributed by atoms with Crippen molar-refractivity contribution in [2.45, 2.75) is 26.3 Å². The smallest absolute Gasteiger partial charge is 0.244 e. The van der Waals surface area contributed by atoms with Gasteiger partial charge in [-0.3, -0.25) is 4.79 Å². The van der Waals surface area contributed by atoms with Crippen molar-refractivity contribution in [2.24, 2.45) is 0 Å². The first kappa shape index (κ1) is 12.4. The molecule has 2 nitrogen and oxygen atoms in total. The third kappa shape index (κ3) is 4.73. The van der Waals surface area contributed by atoms with E-state index in [-0.39, 0.29) is 17.3 Å². The Bertz CT molecular complexity index is 387. The molecular formula is C13H16FNO. The van der Waals surface area contributed by atoms with E-state index in [4.69, 9.17) is 0 Å². The SMILES string of the molecule is CC(C)(C)NC(=O)/C=C/c1ccc(F)cc1. The van der Waals surface area contributed by atoms with Crippen LogP contribution in [0.3, 0.4) is 0 Å². The molecule has 0 unspecified atom stereocenters. The first-order valence-electron chi connectivity index (χ1n) is 5.13. The maximum absolute atomic E-state index is 12.6. The summed E-state index contributed by atoms with van der Waals surface area (Å²) in [5.74, 6) is -0.437. The molecule has 0 bridgehead atoms. The molecular weight excluding hydrogens is 205 g/mol. The van der Waals surface area contributed by atoms with Crippen molar-refractivity contribution in [3.05, 3.63) is 41.7 Å². The molecule has 0 aromatic heterocycles. The molecule has 0 heterocycles. The van der Waals surface area contributed by atoms with E-state index in [2.05, 4.69) is 5.32 Å². The number of benzene rings is 1. The molecule has 1 aromatic carbocycles. The lowest BCUT2D eigenvalue weighted by molar-refractivity contribution is -0.117. The first-order chi connectivity index (χ1) is 7.37. The van der Waals surface area contributed by atoms with E-state index in [0.29, 0.717) is 0 Å². The van der Waals surface area contributed by atoms with Crippen LogP contribution in [0.5, 0.6) is 0 Å². The number of rotatable bonds is 2. The summed E-state index contributed by atoms with van der Waals surface area (Å²) in [5, 5.41) is 2.80. The highest BCUT2D eigenvalue weighted by molar-refractivity contribution is 5.92. The van der Waals surface area contributed by atoms with Gasteiger partial charge in [-0.2, -0.15) is 0 Å². The Morgan fingerprint density at radius 1 is 1.25 bits per heavy atom. The standard InChI is InChI=1S/C13H16FNO/c1-13(2,3)15-12(16)9-6-10-4-7-11(14)8-5-10/h4-9H,1-3H3,(H,15,16)/b9-6+. The zero-order valence-electron chi connectivity index (χ0n) is 9.75. The molecule has 0 saturated heterocycles. The molecule has 86 valence electrons. The van der Waals surface area contributed by atoms with Gasteiger partial charge in [-0.1, -0.05) is 12.1 Å². The lowest BCUT2D eigenvalue weighted by atomic mass is 10.1. The fraction of sp³-hybridized carbons (Fsp3) is 0.308. The van der Waals surface area contributed by atoms with Crippen molar-refractivity contribution >= 4 is 12.0 Å². The van der Waals surface area contributed by atoms with Gasteiger partial charge < -0.3 is 5.32 Å². The van der Waals surface area contributed by atoms with E-state index in [9.17, 15) is 9.18 Å². The van der Waals surface area contributed by atoms with Gasteiger partial charge in [0.2, 0.25) is 5.91 Å². The highest BCUT2D eigenvalue weighted by Crippen LogP contribution is 2.05. The predicted molar refractivity (Wildman–Crippen MR) is 63.3 cm³/mol. The number of nitrogens with one attached hydrogen (secondary N) is 1. The molecule has 0 fully saturated rings. The molecule has 1 rings (SSSR count). The van der Waals surface area contributed by atoms with Crippen molar-refractivity contribution in [3.63, 3.8) is 0 Å². The van der Waals surface area contributed by atoms with Crippen molar-refractivity contribution in [1.82, 2.24) is 5.32 Å². The second-order valence-electron chi connectivity index (χ2n) is 4.62. The fourth-order valence-electron chi connectivity index (χ4n) is 1.16. The maximum atomic E-state index is 12.6. The number of hydrogen-bond acceptors (Lipinski definition) is 1. The summed E-state index contributed by atoms with van der Waals surface area (Å²) in [7, 11) is 0. The molecule has 0 atom stereocenters. The average Bonchev–Trinajstić information content (AvgIpc) is 2.14. The van der Waals surface area contributed by atoms with Crippen molar-refractivity contribution in [1.29, 1.82) is 0 Å². The monoisotopic (exact) mass is 221 g/mol. The normalized spacial score (nSPS) is 11.8. The summed E-state index contributed by atoms with van der Waals surface area (Å²) < 4.78 is 12.6. The molecule has 1 N–H and O–H groups in total. The lowest BCUT2D eigenvalue weighted by Crippen LogP contribution is -2.39. The summed E-state index contributed by atoms with van der Waals surface area (Å²) >= 11 is 0. The second kappa shape index (κ2) is 4.92. The number of hydrogen-bond donors (Lipinski definition) is 1. The zero-order valence-corrected chi connectivity index (χ0v) is 9.75. The van der Waals surface area contributed by atoms with Gasteiger partial charge in [-0.15, -0.1) is 0 Å². The molecule has 3 heteroatoms. The van der Waals surface area contributed by atoms with Crippen molar-refractivity contribution in [3.8, 4) is 0 Å². The maximum Gasteiger partial charge on any atom is 0.244 e. The summed E-state index contributed by atoms with van der Waals surface area (Å²) in [5.41, 5.74) is 0.551. The van der Waals surface area contributed by atoms with Crippen molar-refractivity contribution < 1.29 is 9.18 Å². The van der Waals surface area contributed by atoms with Crippen molar-refractivity contribution in [2.75, 3.05) is 0 Å². The van der Waals surface area contributed by atoms with Gasteiger partial charge in [0.15, 0.2) is 0 Å². The molecule has 0 radical (unpaired) electrons. The molecule has 1 aromatic rings.